The second-order valence-corrected chi connectivity index (χ2v) is 9.52. The summed E-state index contributed by atoms with van der Waals surface area (Å²) >= 11 is 0. The maximum absolute atomic E-state index is 13.8. The van der Waals surface area contributed by atoms with Crippen LogP contribution in [0.2, 0.25) is 0 Å². The third-order valence-corrected chi connectivity index (χ3v) is 6.52. The number of halogens is 3. The van der Waals surface area contributed by atoms with Crippen LogP contribution in [0, 0.1) is 33.5 Å². The van der Waals surface area contributed by atoms with E-state index in [0.29, 0.717) is 5.56 Å². The fraction of sp³-hybridized carbons (Fsp3) is 0.346. The van der Waals surface area contributed by atoms with Gasteiger partial charge in [0.25, 0.3) is 0 Å². The molecule has 0 aliphatic carbocycles. The summed E-state index contributed by atoms with van der Waals surface area (Å²) in [4.78, 5) is 15.6. The molecule has 0 radical (unpaired) electrons. The predicted molar refractivity (Wildman–Crippen MR) is 118 cm³/mol. The van der Waals surface area contributed by atoms with E-state index in [1.165, 1.54) is 12.1 Å². The van der Waals surface area contributed by atoms with Crippen molar-refractivity contribution in [3.63, 3.8) is 0 Å². The minimum atomic E-state index is -4.52. The molecule has 2 aromatic rings. The van der Waals surface area contributed by atoms with Crippen molar-refractivity contribution < 1.29 is 18.0 Å². The molecule has 1 fully saturated rings. The van der Waals surface area contributed by atoms with Crippen molar-refractivity contribution in [2.75, 3.05) is 4.90 Å². The van der Waals surface area contributed by atoms with Gasteiger partial charge in [-0.25, -0.2) is 0 Å². The molecule has 0 bridgehead atoms. The van der Waals surface area contributed by atoms with Gasteiger partial charge in [-0.1, -0.05) is 63.3 Å². The largest absolute Gasteiger partial charge is 0.416 e. The summed E-state index contributed by atoms with van der Waals surface area (Å²) in [6, 6.07) is 14.5. The van der Waals surface area contributed by atoms with Crippen LogP contribution in [0.1, 0.15) is 43.4 Å². The number of alkyl halides is 3. The monoisotopic (exact) mass is 449 g/mol. The van der Waals surface area contributed by atoms with E-state index in [1.54, 1.807) is 26.8 Å². The van der Waals surface area contributed by atoms with Crippen LogP contribution in [0.3, 0.4) is 0 Å². The van der Waals surface area contributed by atoms with Gasteiger partial charge in [0, 0.05) is 17.0 Å². The summed E-state index contributed by atoms with van der Waals surface area (Å²) in [6.45, 7) is 5.29. The Hall–Kier alpha value is -3.58. The molecule has 0 saturated carbocycles. The van der Waals surface area contributed by atoms with E-state index in [4.69, 9.17) is 0 Å². The van der Waals surface area contributed by atoms with E-state index < -0.39 is 40.6 Å². The lowest BCUT2D eigenvalue weighted by Crippen LogP contribution is -2.47. The minimum Gasteiger partial charge on any atom is -0.351 e. The molecule has 3 atom stereocenters. The molecule has 0 amide bonds. The smallest absolute Gasteiger partial charge is 0.351 e. The first-order valence-corrected chi connectivity index (χ1v) is 10.6. The summed E-state index contributed by atoms with van der Waals surface area (Å²) < 4.78 is 39.5. The zero-order valence-corrected chi connectivity index (χ0v) is 18.4. The Kier molecular flexibility index (Phi) is 5.13. The maximum Gasteiger partial charge on any atom is 0.416 e. The molecule has 4 nitrogen and oxygen atoms in total. The fourth-order valence-electron chi connectivity index (χ4n) is 4.93. The zero-order chi connectivity index (χ0) is 24.2. The number of nitrogens with zero attached hydrogens (tertiary/aromatic N) is 3. The quantitative estimate of drug-likeness (QED) is 0.588. The highest BCUT2D eigenvalue weighted by molar-refractivity contribution is 5.96. The molecule has 7 heteroatoms. The van der Waals surface area contributed by atoms with Gasteiger partial charge in [-0.15, -0.1) is 0 Å². The van der Waals surface area contributed by atoms with E-state index in [1.807, 2.05) is 35.2 Å². The van der Waals surface area contributed by atoms with Crippen LogP contribution in [-0.4, -0.2) is 17.9 Å². The standard InChI is InChI=1S/C26H22F3N3O/c1-24(2,3)23(33)22-21(17-8-11-18(12-9-17)26(27,28)29)25(14-30,15-31)20-13-10-16-6-4-5-7-19(16)32(20)22/h4-13,20-22H,1-3H3. The lowest BCUT2D eigenvalue weighted by Gasteiger charge is -2.37. The van der Waals surface area contributed by atoms with Gasteiger partial charge < -0.3 is 4.90 Å². The lowest BCUT2D eigenvalue weighted by molar-refractivity contribution is -0.137. The Morgan fingerprint density at radius 2 is 1.61 bits per heavy atom. The summed E-state index contributed by atoms with van der Waals surface area (Å²) in [6.07, 6.45) is -0.939. The lowest BCUT2D eigenvalue weighted by atomic mass is 9.67. The Morgan fingerprint density at radius 1 is 1.00 bits per heavy atom. The summed E-state index contributed by atoms with van der Waals surface area (Å²) in [5.74, 6) is -1.13. The molecule has 2 aliphatic rings. The Morgan fingerprint density at radius 3 is 2.15 bits per heavy atom. The van der Waals surface area contributed by atoms with Gasteiger partial charge >= 0.3 is 6.18 Å². The number of hydrogen-bond acceptors (Lipinski definition) is 4. The second-order valence-electron chi connectivity index (χ2n) is 9.52. The van der Waals surface area contributed by atoms with Gasteiger partial charge in [0.15, 0.2) is 11.2 Å². The predicted octanol–water partition coefficient (Wildman–Crippen LogP) is 5.72. The van der Waals surface area contributed by atoms with Gasteiger partial charge in [0.05, 0.1) is 29.8 Å². The average molecular weight is 449 g/mol. The van der Waals surface area contributed by atoms with E-state index in [0.717, 1.165) is 23.4 Å². The van der Waals surface area contributed by atoms with Crippen molar-refractivity contribution in [1.29, 1.82) is 10.5 Å². The Balaban J connectivity index is 1.98. The second kappa shape index (κ2) is 7.49. The molecular formula is C26H22F3N3O. The van der Waals surface area contributed by atoms with Crippen molar-refractivity contribution in [3.8, 4) is 12.1 Å². The number of anilines is 1. The number of Topliss-reactive ketones (excluding diaryl/α,β-unsaturated/α-hetero) is 1. The van der Waals surface area contributed by atoms with Crippen LogP contribution in [0.5, 0.6) is 0 Å². The molecule has 0 aromatic heterocycles. The number of ketones is 1. The number of para-hydroxylation sites is 1. The fourth-order valence-corrected chi connectivity index (χ4v) is 4.93. The van der Waals surface area contributed by atoms with Gasteiger partial charge in [0.2, 0.25) is 0 Å². The van der Waals surface area contributed by atoms with Crippen molar-refractivity contribution in [2.24, 2.45) is 10.8 Å². The topological polar surface area (TPSA) is 67.9 Å². The first-order valence-electron chi connectivity index (χ1n) is 10.6. The highest BCUT2D eigenvalue weighted by atomic mass is 19.4. The number of benzene rings is 2. The van der Waals surface area contributed by atoms with Crippen LogP contribution >= 0.6 is 0 Å². The molecule has 3 unspecified atom stereocenters. The molecule has 4 rings (SSSR count). The van der Waals surface area contributed by atoms with Crippen molar-refractivity contribution in [1.82, 2.24) is 0 Å². The van der Waals surface area contributed by atoms with Crippen LogP contribution in [0.4, 0.5) is 18.9 Å². The van der Waals surface area contributed by atoms with Crippen molar-refractivity contribution >= 4 is 17.5 Å². The SMILES string of the molecule is CC(C)(C)C(=O)C1C(c2ccc(C(F)(F)F)cc2)C(C#N)(C#N)C2C=Cc3ccccc3N12. The van der Waals surface area contributed by atoms with Gasteiger partial charge in [-0.3, -0.25) is 4.79 Å². The molecule has 0 N–H and O–H groups in total. The molecule has 2 heterocycles. The summed E-state index contributed by atoms with van der Waals surface area (Å²) in [5, 5.41) is 20.6. The Labute approximate surface area is 190 Å². The minimum absolute atomic E-state index is 0.185. The molecular weight excluding hydrogens is 427 g/mol. The highest BCUT2D eigenvalue weighted by Gasteiger charge is 2.64. The first-order chi connectivity index (χ1) is 15.5. The van der Waals surface area contributed by atoms with Crippen molar-refractivity contribution in [2.45, 2.75) is 44.9 Å². The first kappa shape index (κ1) is 22.6. The number of fused-ring (bicyclic) bond motifs is 3. The summed E-state index contributed by atoms with van der Waals surface area (Å²) in [7, 11) is 0. The Bertz CT molecular complexity index is 1200. The number of carbonyl (C=O) groups is 1. The third kappa shape index (κ3) is 3.40. The number of carbonyl (C=O) groups excluding carboxylic acids is 1. The normalized spacial score (nSPS) is 23.3. The van der Waals surface area contributed by atoms with E-state index >= 15 is 0 Å². The summed E-state index contributed by atoms with van der Waals surface area (Å²) in [5.41, 5.74) is -1.39. The van der Waals surface area contributed by atoms with Crippen LogP contribution in [-0.2, 0) is 11.0 Å². The number of rotatable bonds is 2. The molecule has 2 aromatic carbocycles. The average Bonchev–Trinajstić information content (AvgIpc) is 3.08. The van der Waals surface area contributed by atoms with Gasteiger partial charge in [0.1, 0.15) is 0 Å². The van der Waals surface area contributed by atoms with Crippen molar-refractivity contribution in [3.05, 3.63) is 71.3 Å². The van der Waals surface area contributed by atoms with E-state index in [2.05, 4.69) is 12.1 Å². The van der Waals surface area contributed by atoms with E-state index in [-0.39, 0.29) is 5.78 Å². The molecule has 2 aliphatic heterocycles. The maximum atomic E-state index is 13.8. The highest BCUT2D eigenvalue weighted by Crippen LogP contribution is 2.56. The van der Waals surface area contributed by atoms with Crippen LogP contribution < -0.4 is 4.90 Å². The van der Waals surface area contributed by atoms with E-state index in [9.17, 15) is 28.5 Å². The zero-order valence-electron chi connectivity index (χ0n) is 18.4. The number of nitriles is 2. The van der Waals surface area contributed by atoms with Gasteiger partial charge in [-0.2, -0.15) is 23.7 Å². The third-order valence-electron chi connectivity index (χ3n) is 6.52. The van der Waals surface area contributed by atoms with Crippen LogP contribution in [0.15, 0.2) is 54.6 Å². The molecule has 168 valence electrons. The van der Waals surface area contributed by atoms with Crippen LogP contribution in [0.25, 0.3) is 6.08 Å². The van der Waals surface area contributed by atoms with Gasteiger partial charge in [-0.05, 0) is 29.3 Å². The molecule has 0 spiro atoms. The number of hydrogen-bond donors (Lipinski definition) is 0. The molecule has 1 saturated heterocycles. The molecule has 33 heavy (non-hydrogen) atoms.